The molecule has 1 heterocycles. The standard InChI is InChI=1S/C7H6N2O5/c1-14-7(11)4-2-3-5(10)8-6(4)9(12)13/h2-3H,1H3,(H,8,10). The van der Waals surface area contributed by atoms with Crippen LogP contribution < -0.4 is 5.56 Å². The van der Waals surface area contributed by atoms with Crippen LogP contribution in [-0.2, 0) is 4.74 Å². The molecule has 0 saturated heterocycles. The zero-order valence-corrected chi connectivity index (χ0v) is 7.14. The fourth-order valence-electron chi connectivity index (χ4n) is 0.882. The van der Waals surface area contributed by atoms with E-state index in [-0.39, 0.29) is 5.56 Å². The van der Waals surface area contributed by atoms with Crippen molar-refractivity contribution in [2.45, 2.75) is 0 Å². The molecule has 0 bridgehead atoms. The second-order valence-corrected chi connectivity index (χ2v) is 2.33. The van der Waals surface area contributed by atoms with E-state index >= 15 is 0 Å². The van der Waals surface area contributed by atoms with E-state index in [1.54, 1.807) is 0 Å². The van der Waals surface area contributed by atoms with Crippen LogP contribution >= 0.6 is 0 Å². The predicted octanol–water partition coefficient (Wildman–Crippen LogP) is 0.0697. The highest BCUT2D eigenvalue weighted by Gasteiger charge is 2.20. The Morgan fingerprint density at radius 3 is 2.71 bits per heavy atom. The Morgan fingerprint density at radius 1 is 1.57 bits per heavy atom. The molecule has 0 amide bonds. The van der Waals surface area contributed by atoms with Crippen molar-refractivity contribution in [3.63, 3.8) is 0 Å². The van der Waals surface area contributed by atoms with Gasteiger partial charge in [0.05, 0.1) is 7.11 Å². The van der Waals surface area contributed by atoms with Crippen LogP contribution in [0.4, 0.5) is 5.82 Å². The van der Waals surface area contributed by atoms with Gasteiger partial charge in [0, 0.05) is 6.07 Å². The van der Waals surface area contributed by atoms with Crippen LogP contribution in [0.3, 0.4) is 0 Å². The summed E-state index contributed by atoms with van der Waals surface area (Å²) in [5.41, 5.74) is -0.929. The maximum absolute atomic E-state index is 11.0. The summed E-state index contributed by atoms with van der Waals surface area (Å²) < 4.78 is 4.30. The van der Waals surface area contributed by atoms with E-state index in [0.29, 0.717) is 0 Å². The molecule has 1 rings (SSSR count). The predicted molar refractivity (Wildman–Crippen MR) is 45.1 cm³/mol. The number of pyridine rings is 1. The van der Waals surface area contributed by atoms with Gasteiger partial charge in [0.15, 0.2) is 5.56 Å². The minimum atomic E-state index is -0.868. The number of rotatable bonds is 2. The summed E-state index contributed by atoms with van der Waals surface area (Å²) in [6.45, 7) is 0. The van der Waals surface area contributed by atoms with Crippen LogP contribution in [0.5, 0.6) is 0 Å². The van der Waals surface area contributed by atoms with Gasteiger partial charge < -0.3 is 14.9 Å². The van der Waals surface area contributed by atoms with Gasteiger partial charge in [-0.15, -0.1) is 0 Å². The highest BCUT2D eigenvalue weighted by Crippen LogP contribution is 2.12. The first kappa shape index (κ1) is 9.90. The van der Waals surface area contributed by atoms with Crippen molar-refractivity contribution in [2.24, 2.45) is 0 Å². The van der Waals surface area contributed by atoms with E-state index in [9.17, 15) is 19.7 Å². The molecule has 0 aromatic carbocycles. The number of methoxy groups -OCH3 is 1. The topological polar surface area (TPSA) is 102 Å². The molecule has 14 heavy (non-hydrogen) atoms. The van der Waals surface area contributed by atoms with Gasteiger partial charge in [-0.05, 0) is 11.0 Å². The molecule has 0 spiro atoms. The normalized spacial score (nSPS) is 9.50. The Balaban J connectivity index is 3.36. The number of hydrogen-bond donors (Lipinski definition) is 1. The summed E-state index contributed by atoms with van der Waals surface area (Å²) in [6.07, 6.45) is 0. The molecule has 1 aromatic heterocycles. The molecule has 0 atom stereocenters. The van der Waals surface area contributed by atoms with Gasteiger partial charge in [-0.3, -0.25) is 0 Å². The number of hydrogen-bond acceptors (Lipinski definition) is 5. The third-order valence-electron chi connectivity index (χ3n) is 1.49. The van der Waals surface area contributed by atoms with E-state index < -0.39 is 22.3 Å². The quantitative estimate of drug-likeness (QED) is 0.411. The SMILES string of the molecule is COC(=O)c1ccc(=O)[nH]c1[N+](=O)[O-]. The number of H-pyrrole nitrogens is 1. The highest BCUT2D eigenvalue weighted by atomic mass is 16.6. The van der Waals surface area contributed by atoms with E-state index in [2.05, 4.69) is 4.74 Å². The number of nitrogens with one attached hydrogen (secondary N) is 1. The summed E-state index contributed by atoms with van der Waals surface area (Å²) >= 11 is 0. The van der Waals surface area contributed by atoms with Crippen LogP contribution in [0.2, 0.25) is 0 Å². The lowest BCUT2D eigenvalue weighted by Gasteiger charge is -2.00. The zero-order valence-electron chi connectivity index (χ0n) is 7.14. The molecule has 7 nitrogen and oxygen atoms in total. The molecule has 0 saturated carbocycles. The van der Waals surface area contributed by atoms with Crippen molar-refractivity contribution >= 4 is 11.8 Å². The fourth-order valence-corrected chi connectivity index (χ4v) is 0.882. The average Bonchev–Trinajstić information content (AvgIpc) is 2.16. The van der Waals surface area contributed by atoms with Crippen molar-refractivity contribution < 1.29 is 14.5 Å². The first-order chi connectivity index (χ1) is 6.56. The molecule has 1 N–H and O–H groups in total. The maximum atomic E-state index is 11.0. The van der Waals surface area contributed by atoms with Crippen molar-refractivity contribution in [1.29, 1.82) is 0 Å². The van der Waals surface area contributed by atoms with Crippen molar-refractivity contribution in [3.05, 3.63) is 38.2 Å². The number of nitrogens with zero attached hydrogens (tertiary/aromatic N) is 1. The lowest BCUT2D eigenvalue weighted by atomic mass is 10.2. The minimum Gasteiger partial charge on any atom is -0.465 e. The number of aromatic nitrogens is 1. The second-order valence-electron chi connectivity index (χ2n) is 2.33. The van der Waals surface area contributed by atoms with E-state index in [0.717, 1.165) is 19.2 Å². The van der Waals surface area contributed by atoms with Crippen LogP contribution in [0.15, 0.2) is 16.9 Å². The molecule has 74 valence electrons. The van der Waals surface area contributed by atoms with E-state index in [1.165, 1.54) is 0 Å². The Bertz CT molecular complexity index is 436. The molecule has 7 heteroatoms. The third-order valence-corrected chi connectivity index (χ3v) is 1.49. The molecule has 1 aromatic rings. The highest BCUT2D eigenvalue weighted by molar-refractivity contribution is 5.92. The number of nitro groups is 1. The first-order valence-corrected chi connectivity index (χ1v) is 3.52. The number of ether oxygens (including phenoxy) is 1. The lowest BCUT2D eigenvalue weighted by Crippen LogP contribution is -2.13. The smallest absolute Gasteiger partial charge is 0.346 e. The minimum absolute atomic E-state index is 0.280. The summed E-state index contributed by atoms with van der Waals surface area (Å²) in [7, 11) is 1.09. The Kier molecular flexibility index (Phi) is 2.61. The Labute approximate surface area is 77.5 Å². The third kappa shape index (κ3) is 1.76. The van der Waals surface area contributed by atoms with Gasteiger partial charge in [-0.25, -0.2) is 14.6 Å². The molecule has 0 unspecified atom stereocenters. The van der Waals surface area contributed by atoms with Gasteiger partial charge in [-0.2, -0.15) is 0 Å². The molecule has 0 aliphatic heterocycles. The van der Waals surface area contributed by atoms with Gasteiger partial charge in [0.25, 0.3) is 0 Å². The largest absolute Gasteiger partial charge is 0.465 e. The summed E-state index contributed by atoms with van der Waals surface area (Å²) in [4.78, 5) is 33.3. The Morgan fingerprint density at radius 2 is 2.21 bits per heavy atom. The molecular formula is C7H6N2O5. The molecular weight excluding hydrogens is 192 g/mol. The van der Waals surface area contributed by atoms with Gasteiger partial charge in [0.1, 0.15) is 0 Å². The van der Waals surface area contributed by atoms with Gasteiger partial charge in [0.2, 0.25) is 0 Å². The zero-order chi connectivity index (χ0) is 10.7. The number of aromatic amines is 1. The average molecular weight is 198 g/mol. The monoisotopic (exact) mass is 198 g/mol. The molecule has 0 radical (unpaired) electrons. The second kappa shape index (κ2) is 3.69. The van der Waals surface area contributed by atoms with Gasteiger partial charge >= 0.3 is 17.3 Å². The molecule has 0 aliphatic rings. The van der Waals surface area contributed by atoms with Crippen LogP contribution in [0.1, 0.15) is 10.4 Å². The maximum Gasteiger partial charge on any atom is 0.346 e. The summed E-state index contributed by atoms with van der Waals surface area (Å²) in [5, 5.41) is 10.4. The summed E-state index contributed by atoms with van der Waals surface area (Å²) in [6, 6.07) is 2.06. The van der Waals surface area contributed by atoms with Crippen molar-refractivity contribution in [3.8, 4) is 0 Å². The Hall–Kier alpha value is -2.18. The van der Waals surface area contributed by atoms with Gasteiger partial charge in [-0.1, -0.05) is 0 Å². The van der Waals surface area contributed by atoms with Crippen molar-refractivity contribution in [2.75, 3.05) is 7.11 Å². The number of carbonyl (C=O) groups is 1. The van der Waals surface area contributed by atoms with E-state index in [4.69, 9.17) is 0 Å². The van der Waals surface area contributed by atoms with Crippen molar-refractivity contribution in [1.82, 2.24) is 4.98 Å². The van der Waals surface area contributed by atoms with Crippen LogP contribution in [0.25, 0.3) is 0 Å². The molecule has 0 aliphatic carbocycles. The van der Waals surface area contributed by atoms with Crippen LogP contribution in [-0.4, -0.2) is 23.0 Å². The number of carbonyl (C=O) groups excluding carboxylic acids is 1. The van der Waals surface area contributed by atoms with Crippen LogP contribution in [0, 0.1) is 10.1 Å². The number of esters is 1. The lowest BCUT2D eigenvalue weighted by molar-refractivity contribution is -0.390. The van der Waals surface area contributed by atoms with E-state index in [1.807, 2.05) is 4.98 Å². The summed E-state index contributed by atoms with van der Waals surface area (Å²) in [5.74, 6) is -1.53. The fraction of sp³-hybridized carbons (Fsp3) is 0.143. The first-order valence-electron chi connectivity index (χ1n) is 3.52. The molecule has 0 fully saturated rings.